The van der Waals surface area contributed by atoms with Gasteiger partial charge in [-0.2, -0.15) is 0 Å². The van der Waals surface area contributed by atoms with Gasteiger partial charge in [0.2, 0.25) is 0 Å². The van der Waals surface area contributed by atoms with Crippen LogP contribution < -0.4 is 4.74 Å². The van der Waals surface area contributed by atoms with E-state index in [4.69, 9.17) is 19.7 Å². The van der Waals surface area contributed by atoms with Gasteiger partial charge in [0.25, 0.3) is 0 Å². The largest absolute Gasteiger partial charge is 0.490 e. The molecule has 2 atom stereocenters. The normalized spacial score (nSPS) is 18.3. The van der Waals surface area contributed by atoms with Crippen molar-refractivity contribution in [2.45, 2.75) is 37.9 Å². The first-order chi connectivity index (χ1) is 15.8. The van der Waals surface area contributed by atoms with Crippen LogP contribution in [0.2, 0.25) is 0 Å². The molecule has 1 aliphatic carbocycles. The summed E-state index contributed by atoms with van der Waals surface area (Å²) in [4.78, 5) is 14.4. The number of para-hydroxylation sites is 1. The number of aliphatic hydroxyl groups is 1. The third-order valence-electron chi connectivity index (χ3n) is 5.72. The first-order valence-electron chi connectivity index (χ1n) is 11.1. The molecule has 0 aliphatic heterocycles. The number of rotatable bonds is 5. The minimum atomic E-state index is -0.299. The Morgan fingerprint density at radius 2 is 1.22 bits per heavy atom. The average Bonchev–Trinajstić information content (AvgIpc) is 2.85. The summed E-state index contributed by atoms with van der Waals surface area (Å²) in [6.07, 6.45) is 3.09. The van der Waals surface area contributed by atoms with E-state index in [1.165, 1.54) is 0 Å². The highest BCUT2D eigenvalue weighted by molar-refractivity contribution is 5.69. The van der Waals surface area contributed by atoms with E-state index in [1.807, 2.05) is 84.9 Å². The lowest BCUT2D eigenvalue weighted by Crippen LogP contribution is -2.28. The van der Waals surface area contributed by atoms with Crippen LogP contribution in [0.3, 0.4) is 0 Å². The maximum atomic E-state index is 10.1. The summed E-state index contributed by atoms with van der Waals surface area (Å²) in [5.41, 5.74) is 2.69. The molecule has 3 aromatic carbocycles. The van der Waals surface area contributed by atoms with E-state index < -0.39 is 0 Å². The summed E-state index contributed by atoms with van der Waals surface area (Å²) in [6, 6.07) is 27.7. The molecule has 0 radical (unpaired) electrons. The predicted molar refractivity (Wildman–Crippen MR) is 125 cm³/mol. The van der Waals surface area contributed by atoms with E-state index in [0.717, 1.165) is 41.7 Å². The predicted octanol–water partition coefficient (Wildman–Crippen LogP) is 5.55. The van der Waals surface area contributed by atoms with Gasteiger partial charge >= 0.3 is 0 Å². The Hall–Kier alpha value is -3.57. The van der Waals surface area contributed by atoms with Crippen molar-refractivity contribution >= 4 is 0 Å². The lowest BCUT2D eigenvalue weighted by molar-refractivity contribution is 0.0539. The van der Waals surface area contributed by atoms with Gasteiger partial charge in [-0.1, -0.05) is 72.8 Å². The summed E-state index contributed by atoms with van der Waals surface area (Å²) in [6.45, 7) is 0. The number of hydrogen-bond donors (Lipinski definition) is 1. The Kier molecular flexibility index (Phi) is 5.90. The highest BCUT2D eigenvalue weighted by atomic mass is 16.5. The Bertz CT molecular complexity index is 1120. The highest BCUT2D eigenvalue weighted by Gasteiger charge is 2.23. The molecule has 0 bridgehead atoms. The van der Waals surface area contributed by atoms with Crippen molar-refractivity contribution in [3.05, 3.63) is 84.9 Å². The van der Waals surface area contributed by atoms with E-state index in [1.54, 1.807) is 0 Å². The van der Waals surface area contributed by atoms with Gasteiger partial charge in [0.1, 0.15) is 11.9 Å². The lowest BCUT2D eigenvalue weighted by Gasteiger charge is -2.27. The molecule has 32 heavy (non-hydrogen) atoms. The van der Waals surface area contributed by atoms with Crippen molar-refractivity contribution in [3.8, 4) is 39.9 Å². The second-order valence-corrected chi connectivity index (χ2v) is 8.09. The molecular formula is C27H25N3O2. The summed E-state index contributed by atoms with van der Waals surface area (Å²) < 4.78 is 6.34. The van der Waals surface area contributed by atoms with Gasteiger partial charge in [0.15, 0.2) is 17.5 Å². The molecule has 1 fully saturated rings. The molecule has 160 valence electrons. The van der Waals surface area contributed by atoms with Gasteiger partial charge in [-0.25, -0.2) is 15.0 Å². The Labute approximate surface area is 187 Å². The standard InChI is InChI=1S/C27H25N3O2/c31-21-14-9-15-22(18-21)32-24-17-8-7-16-23(24)27-29-25(19-10-3-1-4-11-19)28-26(30-27)20-12-5-2-6-13-20/h1-8,10-13,16-17,21-22,31H,9,14-15,18H2. The fourth-order valence-electron chi connectivity index (χ4n) is 4.09. The van der Waals surface area contributed by atoms with Gasteiger partial charge in [-0.3, -0.25) is 0 Å². The van der Waals surface area contributed by atoms with E-state index in [9.17, 15) is 5.11 Å². The molecular weight excluding hydrogens is 398 g/mol. The van der Waals surface area contributed by atoms with Crippen LogP contribution in [-0.2, 0) is 0 Å². The van der Waals surface area contributed by atoms with Crippen molar-refractivity contribution in [2.24, 2.45) is 0 Å². The van der Waals surface area contributed by atoms with E-state index >= 15 is 0 Å². The zero-order valence-electron chi connectivity index (χ0n) is 17.8. The molecule has 0 amide bonds. The molecule has 1 aromatic heterocycles. The Morgan fingerprint density at radius 3 is 1.84 bits per heavy atom. The second kappa shape index (κ2) is 9.28. The first-order valence-corrected chi connectivity index (χ1v) is 11.1. The van der Waals surface area contributed by atoms with Gasteiger partial charge in [0, 0.05) is 17.5 Å². The van der Waals surface area contributed by atoms with E-state index in [2.05, 4.69) is 0 Å². The fraction of sp³-hybridized carbons (Fsp3) is 0.222. The number of aromatic nitrogens is 3. The van der Waals surface area contributed by atoms with Gasteiger partial charge in [0.05, 0.1) is 11.7 Å². The number of nitrogens with zero attached hydrogens (tertiary/aromatic N) is 3. The molecule has 1 saturated carbocycles. The minimum absolute atomic E-state index is 0.0103. The molecule has 1 aliphatic rings. The fourth-order valence-corrected chi connectivity index (χ4v) is 4.09. The van der Waals surface area contributed by atoms with Crippen LogP contribution in [0.4, 0.5) is 0 Å². The van der Waals surface area contributed by atoms with Crippen LogP contribution in [-0.4, -0.2) is 32.3 Å². The summed E-state index contributed by atoms with van der Waals surface area (Å²) in [5, 5.41) is 10.1. The second-order valence-electron chi connectivity index (χ2n) is 8.09. The average molecular weight is 424 g/mol. The molecule has 1 heterocycles. The molecule has 5 nitrogen and oxygen atoms in total. The zero-order chi connectivity index (χ0) is 21.8. The SMILES string of the molecule is OC1CCCC(Oc2ccccc2-c2nc(-c3ccccc3)nc(-c3ccccc3)n2)C1. The van der Waals surface area contributed by atoms with Crippen molar-refractivity contribution in [1.29, 1.82) is 0 Å². The third-order valence-corrected chi connectivity index (χ3v) is 5.72. The third kappa shape index (κ3) is 4.53. The maximum absolute atomic E-state index is 10.1. The van der Waals surface area contributed by atoms with Crippen molar-refractivity contribution in [3.63, 3.8) is 0 Å². The molecule has 1 N–H and O–H groups in total. The van der Waals surface area contributed by atoms with Gasteiger partial charge in [-0.05, 0) is 31.4 Å². The topological polar surface area (TPSA) is 68.1 Å². The molecule has 5 heteroatoms. The van der Waals surface area contributed by atoms with E-state index in [-0.39, 0.29) is 12.2 Å². The van der Waals surface area contributed by atoms with Crippen LogP contribution in [0.5, 0.6) is 5.75 Å². The van der Waals surface area contributed by atoms with Crippen LogP contribution >= 0.6 is 0 Å². The van der Waals surface area contributed by atoms with E-state index in [0.29, 0.717) is 23.9 Å². The zero-order valence-corrected chi connectivity index (χ0v) is 17.8. The minimum Gasteiger partial charge on any atom is -0.490 e. The van der Waals surface area contributed by atoms with Crippen molar-refractivity contribution in [1.82, 2.24) is 15.0 Å². The smallest absolute Gasteiger partial charge is 0.167 e. The number of ether oxygens (including phenoxy) is 1. The number of hydrogen-bond acceptors (Lipinski definition) is 5. The van der Waals surface area contributed by atoms with Gasteiger partial charge in [-0.15, -0.1) is 0 Å². The van der Waals surface area contributed by atoms with Crippen LogP contribution in [0.1, 0.15) is 25.7 Å². The lowest BCUT2D eigenvalue weighted by atomic mass is 9.95. The van der Waals surface area contributed by atoms with Crippen LogP contribution in [0, 0.1) is 0 Å². The summed E-state index contributed by atoms with van der Waals surface area (Å²) in [7, 11) is 0. The first kappa shape index (κ1) is 20.3. The summed E-state index contributed by atoms with van der Waals surface area (Å²) >= 11 is 0. The van der Waals surface area contributed by atoms with Crippen LogP contribution in [0.25, 0.3) is 34.2 Å². The van der Waals surface area contributed by atoms with Crippen molar-refractivity contribution in [2.75, 3.05) is 0 Å². The number of benzene rings is 3. The van der Waals surface area contributed by atoms with Crippen molar-refractivity contribution < 1.29 is 9.84 Å². The quantitative estimate of drug-likeness (QED) is 0.455. The highest BCUT2D eigenvalue weighted by Crippen LogP contribution is 2.33. The maximum Gasteiger partial charge on any atom is 0.167 e. The number of aliphatic hydroxyl groups excluding tert-OH is 1. The molecule has 4 aromatic rings. The molecule has 0 saturated heterocycles. The summed E-state index contributed by atoms with van der Waals surface area (Å²) in [5.74, 6) is 2.55. The Balaban J connectivity index is 1.59. The van der Waals surface area contributed by atoms with Gasteiger partial charge < -0.3 is 9.84 Å². The Morgan fingerprint density at radius 1 is 0.656 bits per heavy atom. The monoisotopic (exact) mass is 423 g/mol. The molecule has 5 rings (SSSR count). The van der Waals surface area contributed by atoms with Crippen LogP contribution in [0.15, 0.2) is 84.9 Å². The molecule has 0 spiro atoms. The molecule has 2 unspecified atom stereocenters.